The third-order valence-electron chi connectivity index (χ3n) is 2.07. The van der Waals surface area contributed by atoms with Crippen LogP contribution in [0.1, 0.15) is 20.3 Å². The van der Waals surface area contributed by atoms with E-state index in [0.717, 1.165) is 0 Å². The van der Waals surface area contributed by atoms with Crippen LogP contribution in [0.15, 0.2) is 0 Å². The second kappa shape index (κ2) is 7.90. The molecule has 0 aromatic rings. The largest absolute Gasteiger partial charge is 0.481 e. The van der Waals surface area contributed by atoms with Gasteiger partial charge < -0.3 is 26.2 Å². The highest BCUT2D eigenvalue weighted by Gasteiger charge is 2.24. The van der Waals surface area contributed by atoms with Gasteiger partial charge in [0, 0.05) is 6.54 Å². The summed E-state index contributed by atoms with van der Waals surface area (Å²) in [6, 6.07) is -3.34. The minimum Gasteiger partial charge on any atom is -0.481 e. The number of urea groups is 1. The van der Waals surface area contributed by atoms with Crippen molar-refractivity contribution in [3.8, 4) is 0 Å². The molecule has 0 radical (unpaired) electrons. The molecule has 0 saturated carbocycles. The van der Waals surface area contributed by atoms with Crippen LogP contribution in [0.4, 0.5) is 4.79 Å². The Morgan fingerprint density at radius 2 is 1.68 bits per heavy atom. The summed E-state index contributed by atoms with van der Waals surface area (Å²) < 4.78 is 0. The van der Waals surface area contributed by atoms with Crippen LogP contribution in [-0.4, -0.2) is 52.7 Å². The van der Waals surface area contributed by atoms with Crippen molar-refractivity contribution >= 4 is 23.9 Å². The van der Waals surface area contributed by atoms with E-state index in [9.17, 15) is 19.2 Å². The van der Waals surface area contributed by atoms with E-state index in [-0.39, 0.29) is 0 Å². The molecule has 2 unspecified atom stereocenters. The predicted molar refractivity (Wildman–Crippen MR) is 63.5 cm³/mol. The van der Waals surface area contributed by atoms with E-state index in [2.05, 4.69) is 10.6 Å². The molecular formula is C10H17N3O6. The lowest BCUT2D eigenvalue weighted by atomic mass is 10.2. The van der Waals surface area contributed by atoms with Gasteiger partial charge in [0.25, 0.3) is 0 Å². The summed E-state index contributed by atoms with van der Waals surface area (Å²) in [6.45, 7) is 3.51. The zero-order chi connectivity index (χ0) is 15.0. The maximum Gasteiger partial charge on any atom is 0.326 e. The Kier molecular flexibility index (Phi) is 6.94. The molecule has 0 aromatic carbocycles. The molecule has 0 rings (SSSR count). The minimum atomic E-state index is -1.56. The number of aliphatic carboxylic acids is 2. The number of amides is 3. The molecule has 19 heavy (non-hydrogen) atoms. The van der Waals surface area contributed by atoms with Crippen molar-refractivity contribution in [2.24, 2.45) is 0 Å². The van der Waals surface area contributed by atoms with Crippen molar-refractivity contribution in [1.82, 2.24) is 16.0 Å². The van der Waals surface area contributed by atoms with E-state index in [0.29, 0.717) is 6.54 Å². The second-order valence-corrected chi connectivity index (χ2v) is 3.72. The Morgan fingerprint density at radius 3 is 2.11 bits per heavy atom. The highest BCUT2D eigenvalue weighted by Crippen LogP contribution is 1.93. The molecule has 108 valence electrons. The predicted octanol–water partition coefficient (Wildman–Crippen LogP) is -1.26. The van der Waals surface area contributed by atoms with Crippen molar-refractivity contribution in [2.45, 2.75) is 32.4 Å². The van der Waals surface area contributed by atoms with Crippen LogP contribution in [0.25, 0.3) is 0 Å². The molecule has 9 heteroatoms. The quantitative estimate of drug-likeness (QED) is 0.392. The molecule has 0 saturated heterocycles. The fourth-order valence-corrected chi connectivity index (χ4v) is 1.16. The molecular weight excluding hydrogens is 258 g/mol. The summed E-state index contributed by atoms with van der Waals surface area (Å²) >= 11 is 0. The summed E-state index contributed by atoms with van der Waals surface area (Å²) in [6.07, 6.45) is -0.752. The number of hydrogen-bond donors (Lipinski definition) is 5. The topological polar surface area (TPSA) is 145 Å². The van der Waals surface area contributed by atoms with Crippen LogP contribution in [0, 0.1) is 0 Å². The Bertz CT molecular complexity index is 370. The van der Waals surface area contributed by atoms with Crippen molar-refractivity contribution in [1.29, 1.82) is 0 Å². The van der Waals surface area contributed by atoms with Gasteiger partial charge in [0.1, 0.15) is 12.1 Å². The number of carboxylic acid groups (broad SMARTS) is 2. The first-order valence-electron chi connectivity index (χ1n) is 5.57. The lowest BCUT2D eigenvalue weighted by molar-refractivity contribution is -0.145. The number of rotatable bonds is 7. The molecule has 3 amide bonds. The van der Waals surface area contributed by atoms with Gasteiger partial charge in [-0.2, -0.15) is 0 Å². The SMILES string of the molecule is CCNC(=O)C(C)NC(=O)NC(CC(=O)O)C(=O)O. The molecule has 0 aromatic heterocycles. The van der Waals surface area contributed by atoms with Gasteiger partial charge in [-0.1, -0.05) is 0 Å². The maximum atomic E-state index is 11.4. The number of hydrogen-bond acceptors (Lipinski definition) is 4. The van der Waals surface area contributed by atoms with E-state index >= 15 is 0 Å². The molecule has 0 fully saturated rings. The fourth-order valence-electron chi connectivity index (χ4n) is 1.16. The summed E-state index contributed by atoms with van der Waals surface area (Å²) in [5.74, 6) is -3.25. The number of carboxylic acids is 2. The molecule has 0 heterocycles. The molecule has 9 nitrogen and oxygen atoms in total. The van der Waals surface area contributed by atoms with E-state index < -0.39 is 42.4 Å². The van der Waals surface area contributed by atoms with Crippen molar-refractivity contribution in [3.05, 3.63) is 0 Å². The first-order valence-corrected chi connectivity index (χ1v) is 5.57. The van der Waals surface area contributed by atoms with E-state index in [1.807, 2.05) is 5.32 Å². The summed E-state index contributed by atoms with van der Waals surface area (Å²) in [5, 5.41) is 23.8. The standard InChI is InChI=1S/C10H17N3O6/c1-3-11-8(16)5(2)12-10(19)13-6(9(17)18)4-7(14)15/h5-6H,3-4H2,1-2H3,(H,11,16)(H,14,15)(H,17,18)(H2,12,13,19). The van der Waals surface area contributed by atoms with Gasteiger partial charge in [-0.25, -0.2) is 9.59 Å². The Labute approximate surface area is 109 Å². The number of carbonyl (C=O) groups excluding carboxylic acids is 2. The number of carbonyl (C=O) groups is 4. The molecule has 0 aliphatic heterocycles. The van der Waals surface area contributed by atoms with Gasteiger partial charge in [0.05, 0.1) is 6.42 Å². The van der Waals surface area contributed by atoms with Crippen molar-refractivity contribution in [2.75, 3.05) is 6.54 Å². The molecule has 2 atom stereocenters. The third-order valence-corrected chi connectivity index (χ3v) is 2.07. The smallest absolute Gasteiger partial charge is 0.326 e. The lowest BCUT2D eigenvalue weighted by Gasteiger charge is -2.16. The lowest BCUT2D eigenvalue weighted by Crippen LogP contribution is -2.52. The Morgan fingerprint density at radius 1 is 1.11 bits per heavy atom. The number of likely N-dealkylation sites (N-methyl/N-ethyl adjacent to an activating group) is 1. The van der Waals surface area contributed by atoms with Crippen molar-refractivity contribution < 1.29 is 29.4 Å². The maximum absolute atomic E-state index is 11.4. The highest BCUT2D eigenvalue weighted by atomic mass is 16.4. The van der Waals surface area contributed by atoms with Gasteiger partial charge in [-0.15, -0.1) is 0 Å². The monoisotopic (exact) mass is 275 g/mol. The average molecular weight is 275 g/mol. The Balaban J connectivity index is 4.37. The summed E-state index contributed by atoms with van der Waals surface area (Å²) in [5.41, 5.74) is 0. The van der Waals surface area contributed by atoms with Gasteiger partial charge in [-0.3, -0.25) is 9.59 Å². The zero-order valence-electron chi connectivity index (χ0n) is 10.6. The summed E-state index contributed by atoms with van der Waals surface area (Å²) in [4.78, 5) is 43.8. The second-order valence-electron chi connectivity index (χ2n) is 3.72. The summed E-state index contributed by atoms with van der Waals surface area (Å²) in [7, 11) is 0. The van der Waals surface area contributed by atoms with Crippen LogP contribution >= 0.6 is 0 Å². The minimum absolute atomic E-state index is 0.392. The van der Waals surface area contributed by atoms with Crippen LogP contribution in [0.3, 0.4) is 0 Å². The highest BCUT2D eigenvalue weighted by molar-refractivity contribution is 5.89. The van der Waals surface area contributed by atoms with Gasteiger partial charge in [-0.05, 0) is 13.8 Å². The van der Waals surface area contributed by atoms with E-state index in [1.165, 1.54) is 6.92 Å². The van der Waals surface area contributed by atoms with Crippen LogP contribution < -0.4 is 16.0 Å². The molecule has 0 aliphatic rings. The molecule has 0 spiro atoms. The molecule has 0 aliphatic carbocycles. The normalized spacial score (nSPS) is 12.9. The van der Waals surface area contributed by atoms with Gasteiger partial charge in [0.15, 0.2) is 0 Å². The first-order chi connectivity index (χ1) is 8.77. The van der Waals surface area contributed by atoms with Crippen LogP contribution in [-0.2, 0) is 14.4 Å². The van der Waals surface area contributed by atoms with E-state index in [1.54, 1.807) is 6.92 Å². The first kappa shape index (κ1) is 16.7. The van der Waals surface area contributed by atoms with Gasteiger partial charge in [0.2, 0.25) is 5.91 Å². The molecule has 0 bridgehead atoms. The third kappa shape index (κ3) is 6.86. The fraction of sp³-hybridized carbons (Fsp3) is 0.600. The average Bonchev–Trinajstić information content (AvgIpc) is 2.27. The van der Waals surface area contributed by atoms with Gasteiger partial charge >= 0.3 is 18.0 Å². The van der Waals surface area contributed by atoms with Crippen molar-refractivity contribution in [3.63, 3.8) is 0 Å². The Hall–Kier alpha value is -2.32. The van der Waals surface area contributed by atoms with Crippen LogP contribution in [0.5, 0.6) is 0 Å². The van der Waals surface area contributed by atoms with Crippen LogP contribution in [0.2, 0.25) is 0 Å². The zero-order valence-corrected chi connectivity index (χ0v) is 10.6. The molecule has 5 N–H and O–H groups in total. The van der Waals surface area contributed by atoms with E-state index in [4.69, 9.17) is 10.2 Å². The number of nitrogens with one attached hydrogen (secondary N) is 3.